The third-order valence-corrected chi connectivity index (χ3v) is 4.17. The first kappa shape index (κ1) is 14.9. The quantitative estimate of drug-likeness (QED) is 0.713. The molecule has 5 nitrogen and oxygen atoms in total. The maximum Gasteiger partial charge on any atom is 0.337 e. The van der Waals surface area contributed by atoms with E-state index in [4.69, 9.17) is 4.74 Å². The van der Waals surface area contributed by atoms with E-state index in [1.807, 2.05) is 25.1 Å². The summed E-state index contributed by atoms with van der Waals surface area (Å²) in [5.41, 5.74) is 1.04. The highest BCUT2D eigenvalue weighted by atomic mass is 31.2. The maximum absolute atomic E-state index is 11.7. The van der Waals surface area contributed by atoms with Crippen molar-refractivity contribution in [3.05, 3.63) is 29.8 Å². The molecule has 0 amide bonds. The van der Waals surface area contributed by atoms with E-state index in [1.54, 1.807) is 6.07 Å². The summed E-state index contributed by atoms with van der Waals surface area (Å²) in [5, 5.41) is 0. The summed E-state index contributed by atoms with van der Waals surface area (Å²) in [6.07, 6.45) is -0.286. The van der Waals surface area contributed by atoms with Crippen LogP contribution >= 0.6 is 7.60 Å². The third-order valence-electron chi connectivity index (χ3n) is 2.32. The molecule has 0 aliphatic carbocycles. The lowest BCUT2D eigenvalue weighted by Gasteiger charge is -2.12. The van der Waals surface area contributed by atoms with E-state index in [1.165, 1.54) is 14.2 Å². The average molecular weight is 272 g/mol. The van der Waals surface area contributed by atoms with Crippen molar-refractivity contribution in [2.24, 2.45) is 0 Å². The molecule has 0 aliphatic rings. The van der Waals surface area contributed by atoms with Crippen molar-refractivity contribution in [2.75, 3.05) is 27.0 Å². The number of hydrogen-bond donors (Lipinski definition) is 0. The molecule has 1 aromatic carbocycles. The van der Waals surface area contributed by atoms with Crippen molar-refractivity contribution in [1.29, 1.82) is 0 Å². The van der Waals surface area contributed by atoms with Crippen LogP contribution in [0.2, 0.25) is 0 Å². The molecular formula is C12H17O5P. The van der Waals surface area contributed by atoms with Crippen molar-refractivity contribution < 1.29 is 23.1 Å². The number of aryl methyl sites for hydroxylation is 1. The second-order valence-corrected chi connectivity index (χ2v) is 6.05. The number of rotatable bonds is 7. The molecule has 0 saturated carbocycles. The number of carbonyl (C=O) groups is 1. The molecule has 18 heavy (non-hydrogen) atoms. The predicted octanol–water partition coefficient (Wildman–Crippen LogP) is 2.43. The molecule has 6 heteroatoms. The van der Waals surface area contributed by atoms with Crippen molar-refractivity contribution >= 4 is 13.4 Å². The molecule has 0 heterocycles. The average Bonchev–Trinajstić information content (AvgIpc) is 2.36. The Morgan fingerprint density at radius 1 is 1.28 bits per heavy atom. The fourth-order valence-electron chi connectivity index (χ4n) is 1.33. The minimum Gasteiger partial charge on any atom is -0.486 e. The topological polar surface area (TPSA) is 61.8 Å². The fraction of sp³-hybridized carbons (Fsp3) is 0.417. The third kappa shape index (κ3) is 4.61. The van der Waals surface area contributed by atoms with Crippen LogP contribution in [0.5, 0.6) is 5.75 Å². The van der Waals surface area contributed by atoms with Crippen molar-refractivity contribution in [1.82, 2.24) is 0 Å². The number of benzene rings is 1. The highest BCUT2D eigenvalue weighted by Gasteiger charge is 2.25. The van der Waals surface area contributed by atoms with Crippen molar-refractivity contribution in [2.45, 2.75) is 6.92 Å². The summed E-state index contributed by atoms with van der Waals surface area (Å²) in [5.74, 6) is 0.275. The van der Waals surface area contributed by atoms with E-state index in [0.29, 0.717) is 5.75 Å². The maximum atomic E-state index is 11.7. The van der Waals surface area contributed by atoms with E-state index in [2.05, 4.69) is 9.05 Å². The van der Waals surface area contributed by atoms with Gasteiger partial charge >= 0.3 is 7.60 Å². The van der Waals surface area contributed by atoms with Crippen LogP contribution in [0.3, 0.4) is 0 Å². The molecule has 100 valence electrons. The van der Waals surface area contributed by atoms with Gasteiger partial charge in [-0.25, -0.2) is 0 Å². The first-order valence-corrected chi connectivity index (χ1v) is 7.13. The zero-order chi connectivity index (χ0) is 13.6. The zero-order valence-corrected chi connectivity index (χ0v) is 11.6. The second kappa shape index (κ2) is 6.69. The van der Waals surface area contributed by atoms with E-state index >= 15 is 0 Å². The summed E-state index contributed by atoms with van der Waals surface area (Å²) >= 11 is 0. The molecule has 0 aromatic heterocycles. The highest BCUT2D eigenvalue weighted by molar-refractivity contribution is 7.54. The Kier molecular flexibility index (Phi) is 5.54. The summed E-state index contributed by atoms with van der Waals surface area (Å²) in [7, 11) is -0.800. The molecular weight excluding hydrogens is 255 g/mol. The smallest absolute Gasteiger partial charge is 0.337 e. The van der Waals surface area contributed by atoms with E-state index in [-0.39, 0.29) is 18.6 Å². The van der Waals surface area contributed by atoms with Gasteiger partial charge in [-0.1, -0.05) is 12.1 Å². The Morgan fingerprint density at radius 2 is 1.94 bits per heavy atom. The second-order valence-electron chi connectivity index (χ2n) is 3.78. The largest absolute Gasteiger partial charge is 0.486 e. The monoisotopic (exact) mass is 272 g/mol. The van der Waals surface area contributed by atoms with Crippen LogP contribution in [-0.2, 0) is 18.4 Å². The number of ether oxygens (including phenoxy) is 1. The molecule has 1 rings (SSSR count). The minimum absolute atomic E-state index is 0.153. The van der Waals surface area contributed by atoms with Crippen LogP contribution < -0.4 is 4.74 Å². The van der Waals surface area contributed by atoms with E-state index < -0.39 is 7.60 Å². The standard InChI is InChI=1S/C12H17O5P/c1-10-5-4-6-12(7-10)17-8-11(13)9-18(14,15-2)16-3/h4-7H,8-9H2,1-3H3. The van der Waals surface area contributed by atoms with Crippen LogP contribution in [0.4, 0.5) is 0 Å². The van der Waals surface area contributed by atoms with Crippen LogP contribution in [0.1, 0.15) is 5.56 Å². The van der Waals surface area contributed by atoms with Gasteiger partial charge in [-0.15, -0.1) is 0 Å². The summed E-state index contributed by atoms with van der Waals surface area (Å²) in [4.78, 5) is 11.6. The Bertz CT molecular complexity index is 450. The Morgan fingerprint density at radius 3 is 2.50 bits per heavy atom. The lowest BCUT2D eigenvalue weighted by atomic mass is 10.2. The molecule has 0 radical (unpaired) electrons. The van der Waals surface area contributed by atoms with E-state index in [9.17, 15) is 9.36 Å². The fourth-order valence-corrected chi connectivity index (χ4v) is 2.26. The molecule has 0 unspecified atom stereocenters. The Labute approximate surface area is 107 Å². The van der Waals surface area contributed by atoms with Gasteiger partial charge in [0.1, 0.15) is 18.5 Å². The van der Waals surface area contributed by atoms with Crippen LogP contribution in [0, 0.1) is 6.92 Å². The molecule has 1 aromatic rings. The van der Waals surface area contributed by atoms with E-state index in [0.717, 1.165) is 5.56 Å². The molecule has 0 atom stereocenters. The Hall–Kier alpha value is -1.16. The molecule has 0 fully saturated rings. The van der Waals surface area contributed by atoms with Crippen molar-refractivity contribution in [3.8, 4) is 5.75 Å². The minimum atomic E-state index is -3.30. The van der Waals surface area contributed by atoms with Gasteiger partial charge in [-0.3, -0.25) is 9.36 Å². The normalized spacial score (nSPS) is 11.3. The molecule has 0 bridgehead atoms. The van der Waals surface area contributed by atoms with Crippen LogP contribution in [0.15, 0.2) is 24.3 Å². The summed E-state index contributed by atoms with van der Waals surface area (Å²) in [6.45, 7) is 1.78. The van der Waals surface area contributed by atoms with Crippen LogP contribution in [0.25, 0.3) is 0 Å². The SMILES string of the molecule is COP(=O)(CC(=O)COc1cccc(C)c1)OC. The summed E-state index contributed by atoms with van der Waals surface area (Å²) in [6, 6.07) is 7.34. The molecule has 0 N–H and O–H groups in total. The van der Waals surface area contributed by atoms with Crippen LogP contribution in [-0.4, -0.2) is 32.8 Å². The number of carbonyl (C=O) groups excluding carboxylic acids is 1. The highest BCUT2D eigenvalue weighted by Crippen LogP contribution is 2.45. The van der Waals surface area contributed by atoms with Gasteiger partial charge in [0.15, 0.2) is 5.78 Å². The Balaban J connectivity index is 2.49. The summed E-state index contributed by atoms with van der Waals surface area (Å²) < 4.78 is 26.4. The van der Waals surface area contributed by atoms with Crippen molar-refractivity contribution in [3.63, 3.8) is 0 Å². The lowest BCUT2D eigenvalue weighted by molar-refractivity contribution is -0.118. The lowest BCUT2D eigenvalue weighted by Crippen LogP contribution is -2.16. The predicted molar refractivity (Wildman–Crippen MR) is 68.2 cm³/mol. The molecule has 0 saturated heterocycles. The van der Waals surface area contributed by atoms with Gasteiger partial charge in [0.25, 0.3) is 0 Å². The zero-order valence-electron chi connectivity index (χ0n) is 10.7. The van der Waals surface area contributed by atoms with Gasteiger partial charge < -0.3 is 13.8 Å². The first-order chi connectivity index (χ1) is 8.49. The number of ketones is 1. The van der Waals surface area contributed by atoms with Gasteiger partial charge in [0, 0.05) is 14.2 Å². The number of Topliss-reactive ketones (excluding diaryl/α,β-unsaturated/α-hetero) is 1. The number of hydrogen-bond acceptors (Lipinski definition) is 5. The van der Waals surface area contributed by atoms with Gasteiger partial charge in [-0.2, -0.15) is 0 Å². The molecule has 0 spiro atoms. The van der Waals surface area contributed by atoms with Gasteiger partial charge in [-0.05, 0) is 24.6 Å². The molecule has 0 aliphatic heterocycles. The van der Waals surface area contributed by atoms with Gasteiger partial charge in [0.2, 0.25) is 0 Å². The first-order valence-electron chi connectivity index (χ1n) is 5.41. The van der Waals surface area contributed by atoms with Gasteiger partial charge in [0.05, 0.1) is 0 Å².